The number of ether oxygens (including phenoxy) is 1. The lowest BCUT2D eigenvalue weighted by Crippen LogP contribution is -2.36. The monoisotopic (exact) mass is 545 g/mol. The van der Waals surface area contributed by atoms with Gasteiger partial charge in [0.25, 0.3) is 5.91 Å². The summed E-state index contributed by atoms with van der Waals surface area (Å²) in [5.41, 5.74) is 2.99. The van der Waals surface area contributed by atoms with Crippen LogP contribution in [0.2, 0.25) is 0 Å². The fourth-order valence-corrected chi connectivity index (χ4v) is 4.02. The van der Waals surface area contributed by atoms with Gasteiger partial charge in [0.2, 0.25) is 5.91 Å². The van der Waals surface area contributed by atoms with Crippen LogP contribution >= 0.6 is 27.7 Å². The van der Waals surface area contributed by atoms with E-state index in [0.29, 0.717) is 16.7 Å². The molecule has 10 heteroatoms. The van der Waals surface area contributed by atoms with Gasteiger partial charge in [0, 0.05) is 17.2 Å². The van der Waals surface area contributed by atoms with Crippen molar-refractivity contribution in [3.8, 4) is 5.75 Å². The number of rotatable bonds is 10. The van der Waals surface area contributed by atoms with Gasteiger partial charge in [-0.1, -0.05) is 46.7 Å². The van der Waals surface area contributed by atoms with Crippen LogP contribution in [0.3, 0.4) is 0 Å². The highest BCUT2D eigenvalue weighted by Gasteiger charge is 2.17. The van der Waals surface area contributed by atoms with E-state index in [1.54, 1.807) is 18.5 Å². The van der Waals surface area contributed by atoms with Crippen LogP contribution in [0.4, 0.5) is 5.69 Å². The Kier molecular flexibility index (Phi) is 9.12. The molecule has 0 unspecified atom stereocenters. The minimum absolute atomic E-state index is 0.137. The van der Waals surface area contributed by atoms with Crippen LogP contribution < -0.4 is 15.4 Å². The Hall–Kier alpha value is -2.85. The summed E-state index contributed by atoms with van der Waals surface area (Å²) in [6, 6.07) is 13.3. The van der Waals surface area contributed by atoms with Gasteiger partial charge in [0.1, 0.15) is 5.75 Å². The third-order valence-corrected chi connectivity index (χ3v) is 7.04. The topological polar surface area (TPSA) is 98.1 Å². The molecule has 2 aromatic carbocycles. The first kappa shape index (κ1) is 25.8. The van der Waals surface area contributed by atoms with E-state index in [-0.39, 0.29) is 24.1 Å². The second-order valence-corrected chi connectivity index (χ2v) is 9.53. The zero-order chi connectivity index (χ0) is 24.7. The number of hydrogen-bond donors (Lipinski definition) is 2. The number of hydrogen-bond acceptors (Lipinski definition) is 6. The summed E-state index contributed by atoms with van der Waals surface area (Å²) < 4.78 is 8.47. The van der Waals surface area contributed by atoms with Gasteiger partial charge in [-0.25, -0.2) is 0 Å². The highest BCUT2D eigenvalue weighted by atomic mass is 79.9. The van der Waals surface area contributed by atoms with E-state index >= 15 is 0 Å². The molecule has 3 aromatic rings. The highest BCUT2D eigenvalue weighted by Crippen LogP contribution is 2.21. The van der Waals surface area contributed by atoms with Gasteiger partial charge < -0.3 is 19.9 Å². The molecule has 0 fully saturated rings. The van der Waals surface area contributed by atoms with Crippen molar-refractivity contribution in [3.05, 3.63) is 63.9 Å². The Morgan fingerprint density at radius 2 is 1.91 bits per heavy atom. The first-order chi connectivity index (χ1) is 16.3. The van der Waals surface area contributed by atoms with Crippen LogP contribution in [-0.4, -0.2) is 38.4 Å². The van der Waals surface area contributed by atoms with E-state index < -0.39 is 6.10 Å². The number of halogens is 1. The molecule has 0 radical (unpaired) electrons. The summed E-state index contributed by atoms with van der Waals surface area (Å²) in [4.78, 5) is 24.7. The molecular weight excluding hydrogens is 518 g/mol. The molecular formula is C24H28BrN5O3S. The maximum absolute atomic E-state index is 12.4. The number of nitrogens with one attached hydrogen (secondary N) is 2. The molecule has 8 nitrogen and oxygen atoms in total. The van der Waals surface area contributed by atoms with Gasteiger partial charge in [-0.3, -0.25) is 9.59 Å². The third kappa shape index (κ3) is 7.07. The maximum atomic E-state index is 12.4. The fourth-order valence-electron chi connectivity index (χ4n) is 3.05. The Morgan fingerprint density at radius 3 is 2.59 bits per heavy atom. The van der Waals surface area contributed by atoms with Crippen molar-refractivity contribution in [1.82, 2.24) is 20.1 Å². The number of nitrogens with zero attached hydrogens (tertiary/aromatic N) is 3. The SMILES string of the molecule is CCc1ccc(O[C@H](C)C(=O)NCc2nnc(SCC(=O)Nc3ccc(Br)c(C)c3)n2C)cc1. The molecule has 0 aliphatic heterocycles. The van der Waals surface area contributed by atoms with Gasteiger partial charge in [0.15, 0.2) is 17.1 Å². The molecule has 0 bridgehead atoms. The number of aromatic nitrogens is 3. The normalized spacial score (nSPS) is 11.7. The van der Waals surface area contributed by atoms with Gasteiger partial charge in [-0.05, 0) is 61.7 Å². The Bertz CT molecular complexity index is 1150. The standard InChI is InChI=1S/C24H28BrN5O3S/c1-5-17-6-9-19(10-7-17)33-16(3)23(32)26-13-21-28-29-24(30(21)4)34-14-22(31)27-18-8-11-20(25)15(2)12-18/h6-12,16H,5,13-14H2,1-4H3,(H,26,32)(H,27,31)/t16-/m1/s1. The molecule has 34 heavy (non-hydrogen) atoms. The number of anilines is 1. The second-order valence-electron chi connectivity index (χ2n) is 7.73. The van der Waals surface area contributed by atoms with E-state index in [1.165, 1.54) is 17.3 Å². The Morgan fingerprint density at radius 1 is 1.18 bits per heavy atom. The lowest BCUT2D eigenvalue weighted by atomic mass is 10.2. The molecule has 1 aromatic heterocycles. The molecule has 0 aliphatic carbocycles. The molecule has 180 valence electrons. The molecule has 2 N–H and O–H groups in total. The van der Waals surface area contributed by atoms with Crippen molar-refractivity contribution in [2.24, 2.45) is 7.05 Å². The highest BCUT2D eigenvalue weighted by molar-refractivity contribution is 9.10. The maximum Gasteiger partial charge on any atom is 0.261 e. The van der Waals surface area contributed by atoms with E-state index in [4.69, 9.17) is 4.74 Å². The van der Waals surface area contributed by atoms with Gasteiger partial charge in [-0.15, -0.1) is 10.2 Å². The van der Waals surface area contributed by atoms with Crippen LogP contribution in [0, 0.1) is 6.92 Å². The minimum Gasteiger partial charge on any atom is -0.481 e. The number of carbonyl (C=O) groups is 2. The smallest absolute Gasteiger partial charge is 0.261 e. The lowest BCUT2D eigenvalue weighted by Gasteiger charge is -2.15. The average molecular weight is 546 g/mol. The summed E-state index contributed by atoms with van der Waals surface area (Å²) >= 11 is 4.73. The first-order valence-corrected chi connectivity index (χ1v) is 12.6. The van der Waals surface area contributed by atoms with Crippen molar-refractivity contribution >= 4 is 45.2 Å². The van der Waals surface area contributed by atoms with Crippen molar-refractivity contribution in [2.45, 2.75) is 45.0 Å². The van der Waals surface area contributed by atoms with Crippen LogP contribution in [0.15, 0.2) is 52.1 Å². The number of thioether (sulfide) groups is 1. The van der Waals surface area contributed by atoms with Crippen molar-refractivity contribution in [2.75, 3.05) is 11.1 Å². The number of aryl methyl sites for hydroxylation is 2. The van der Waals surface area contributed by atoms with Gasteiger partial charge in [0.05, 0.1) is 12.3 Å². The van der Waals surface area contributed by atoms with E-state index in [1.807, 2.05) is 49.4 Å². The summed E-state index contributed by atoms with van der Waals surface area (Å²) in [7, 11) is 1.80. The third-order valence-electron chi connectivity index (χ3n) is 5.13. The number of amides is 2. The summed E-state index contributed by atoms with van der Waals surface area (Å²) in [6.45, 7) is 5.95. The average Bonchev–Trinajstić information content (AvgIpc) is 3.18. The molecule has 0 saturated heterocycles. The molecule has 1 heterocycles. The summed E-state index contributed by atoms with van der Waals surface area (Å²) in [6.07, 6.45) is 0.296. The zero-order valence-electron chi connectivity index (χ0n) is 19.6. The van der Waals surface area contributed by atoms with E-state index in [9.17, 15) is 9.59 Å². The van der Waals surface area contributed by atoms with Crippen LogP contribution in [0.5, 0.6) is 5.75 Å². The van der Waals surface area contributed by atoms with Gasteiger partial charge >= 0.3 is 0 Å². The van der Waals surface area contributed by atoms with Crippen molar-refractivity contribution < 1.29 is 14.3 Å². The minimum atomic E-state index is -0.652. The number of benzene rings is 2. The summed E-state index contributed by atoms with van der Waals surface area (Å²) in [5, 5.41) is 14.6. The Labute approximate surface area is 212 Å². The van der Waals surface area contributed by atoms with Crippen LogP contribution in [0.1, 0.15) is 30.8 Å². The largest absolute Gasteiger partial charge is 0.481 e. The summed E-state index contributed by atoms with van der Waals surface area (Å²) in [5.74, 6) is 1.03. The molecule has 3 rings (SSSR count). The lowest BCUT2D eigenvalue weighted by molar-refractivity contribution is -0.127. The molecule has 0 spiro atoms. The second kappa shape index (κ2) is 12.0. The predicted octanol–water partition coefficient (Wildman–Crippen LogP) is 4.26. The zero-order valence-corrected chi connectivity index (χ0v) is 22.0. The van der Waals surface area contributed by atoms with E-state index in [0.717, 1.165) is 22.1 Å². The van der Waals surface area contributed by atoms with E-state index in [2.05, 4.69) is 43.7 Å². The number of carbonyl (C=O) groups excluding carboxylic acids is 2. The quantitative estimate of drug-likeness (QED) is 0.369. The van der Waals surface area contributed by atoms with Crippen molar-refractivity contribution in [3.63, 3.8) is 0 Å². The fraction of sp³-hybridized carbons (Fsp3) is 0.333. The van der Waals surface area contributed by atoms with Crippen LogP contribution in [-0.2, 0) is 29.6 Å². The molecule has 0 saturated carbocycles. The van der Waals surface area contributed by atoms with Crippen LogP contribution in [0.25, 0.3) is 0 Å². The molecule has 0 aliphatic rings. The molecule has 1 atom stereocenters. The van der Waals surface area contributed by atoms with Gasteiger partial charge in [-0.2, -0.15) is 0 Å². The van der Waals surface area contributed by atoms with Crippen molar-refractivity contribution in [1.29, 1.82) is 0 Å². The molecule has 2 amide bonds. The first-order valence-electron chi connectivity index (χ1n) is 10.9. The Balaban J connectivity index is 1.47. The predicted molar refractivity (Wildman–Crippen MR) is 137 cm³/mol.